The van der Waals surface area contributed by atoms with Crippen LogP contribution in [0.1, 0.15) is 17.3 Å². The zero-order valence-electron chi connectivity index (χ0n) is 10.8. The number of nitrogens with one attached hydrogen (secondary N) is 2. The predicted molar refractivity (Wildman–Crippen MR) is 77.8 cm³/mol. The number of carbonyl (C=O) groups excluding carboxylic acids is 1. The number of hydrogen-bond acceptors (Lipinski definition) is 3. The Hall–Kier alpha value is -2.14. The zero-order valence-corrected chi connectivity index (χ0v) is 11.5. The van der Waals surface area contributed by atoms with Crippen LogP contribution in [-0.4, -0.2) is 17.4 Å². The zero-order chi connectivity index (χ0) is 14.5. The van der Waals surface area contributed by atoms with E-state index in [1.807, 2.05) is 6.92 Å². The Balaban J connectivity index is 2.13. The number of benzene rings is 1. The van der Waals surface area contributed by atoms with Gasteiger partial charge in [-0.25, -0.2) is 9.37 Å². The highest BCUT2D eigenvalue weighted by Gasteiger charge is 2.09. The first-order valence-electron chi connectivity index (χ1n) is 6.06. The van der Waals surface area contributed by atoms with Gasteiger partial charge in [-0.15, -0.1) is 0 Å². The molecule has 0 aliphatic carbocycles. The standard InChI is InChI=1S/C14H13ClFN3O/c1-2-17-13-6-3-9(8-18-13)14(20)19-12-7-10(16)4-5-11(12)15/h3-8H,2H2,1H3,(H,17,18)(H,19,20). The number of nitrogens with zero attached hydrogens (tertiary/aromatic N) is 1. The van der Waals surface area contributed by atoms with Gasteiger partial charge >= 0.3 is 0 Å². The van der Waals surface area contributed by atoms with Gasteiger partial charge in [0.15, 0.2) is 0 Å². The average molecular weight is 294 g/mol. The molecule has 0 aliphatic heterocycles. The molecule has 0 bridgehead atoms. The lowest BCUT2D eigenvalue weighted by molar-refractivity contribution is 0.102. The average Bonchev–Trinajstić information content (AvgIpc) is 2.44. The normalized spacial score (nSPS) is 10.2. The van der Waals surface area contributed by atoms with E-state index in [4.69, 9.17) is 11.6 Å². The van der Waals surface area contributed by atoms with Crippen LogP contribution >= 0.6 is 11.6 Å². The monoisotopic (exact) mass is 293 g/mol. The van der Waals surface area contributed by atoms with Gasteiger partial charge in [-0.05, 0) is 37.3 Å². The molecule has 1 aromatic heterocycles. The number of amides is 1. The molecule has 0 saturated heterocycles. The maximum atomic E-state index is 13.1. The van der Waals surface area contributed by atoms with E-state index in [2.05, 4.69) is 15.6 Å². The third-order valence-electron chi connectivity index (χ3n) is 2.56. The highest BCUT2D eigenvalue weighted by Crippen LogP contribution is 2.23. The molecule has 2 N–H and O–H groups in total. The lowest BCUT2D eigenvalue weighted by Crippen LogP contribution is -2.13. The minimum Gasteiger partial charge on any atom is -0.370 e. The van der Waals surface area contributed by atoms with E-state index in [0.717, 1.165) is 6.54 Å². The Morgan fingerprint density at radius 2 is 2.15 bits per heavy atom. The van der Waals surface area contributed by atoms with Crippen molar-refractivity contribution in [1.82, 2.24) is 4.98 Å². The molecule has 1 amide bonds. The Kier molecular flexibility index (Phi) is 4.53. The molecule has 1 heterocycles. The molecular formula is C14H13ClFN3O. The van der Waals surface area contributed by atoms with Crippen LogP contribution in [0.3, 0.4) is 0 Å². The summed E-state index contributed by atoms with van der Waals surface area (Å²) >= 11 is 5.89. The molecule has 0 atom stereocenters. The summed E-state index contributed by atoms with van der Waals surface area (Å²) in [5.74, 6) is -0.175. The Bertz CT molecular complexity index is 616. The van der Waals surface area contributed by atoms with E-state index >= 15 is 0 Å². The molecule has 2 aromatic rings. The molecule has 0 saturated carbocycles. The van der Waals surface area contributed by atoms with Gasteiger partial charge in [0, 0.05) is 12.7 Å². The van der Waals surface area contributed by atoms with E-state index < -0.39 is 11.7 Å². The van der Waals surface area contributed by atoms with E-state index in [0.29, 0.717) is 11.4 Å². The van der Waals surface area contributed by atoms with Crippen LogP contribution in [0.5, 0.6) is 0 Å². The molecular weight excluding hydrogens is 281 g/mol. The molecule has 1 aromatic carbocycles. The summed E-state index contributed by atoms with van der Waals surface area (Å²) in [5, 5.41) is 5.85. The Labute approximate surface area is 121 Å². The summed E-state index contributed by atoms with van der Waals surface area (Å²) in [5.41, 5.74) is 0.597. The number of anilines is 2. The summed E-state index contributed by atoms with van der Waals surface area (Å²) in [4.78, 5) is 16.1. The maximum absolute atomic E-state index is 13.1. The summed E-state index contributed by atoms with van der Waals surface area (Å²) in [6, 6.07) is 7.11. The van der Waals surface area contributed by atoms with Crippen molar-refractivity contribution in [3.05, 3.63) is 52.9 Å². The minimum absolute atomic E-state index is 0.229. The van der Waals surface area contributed by atoms with Crippen LogP contribution in [0.4, 0.5) is 15.9 Å². The van der Waals surface area contributed by atoms with Crippen LogP contribution in [0.15, 0.2) is 36.5 Å². The third-order valence-corrected chi connectivity index (χ3v) is 2.89. The number of halogens is 2. The Morgan fingerprint density at radius 3 is 2.80 bits per heavy atom. The number of hydrogen-bond donors (Lipinski definition) is 2. The lowest BCUT2D eigenvalue weighted by atomic mass is 10.2. The van der Waals surface area contributed by atoms with Gasteiger partial charge in [0.25, 0.3) is 5.91 Å². The SMILES string of the molecule is CCNc1ccc(C(=O)Nc2cc(F)ccc2Cl)cn1. The molecule has 20 heavy (non-hydrogen) atoms. The smallest absolute Gasteiger partial charge is 0.257 e. The minimum atomic E-state index is -0.467. The molecule has 0 fully saturated rings. The van der Waals surface area contributed by atoms with Crippen molar-refractivity contribution >= 4 is 29.0 Å². The van der Waals surface area contributed by atoms with Gasteiger partial charge in [0.1, 0.15) is 11.6 Å². The molecule has 0 spiro atoms. The van der Waals surface area contributed by atoms with Crippen molar-refractivity contribution < 1.29 is 9.18 Å². The molecule has 4 nitrogen and oxygen atoms in total. The fourth-order valence-electron chi connectivity index (χ4n) is 1.60. The van der Waals surface area contributed by atoms with Crippen molar-refractivity contribution in [2.75, 3.05) is 17.2 Å². The first kappa shape index (κ1) is 14.3. The summed E-state index contributed by atoms with van der Waals surface area (Å²) in [7, 11) is 0. The van der Waals surface area contributed by atoms with Crippen molar-refractivity contribution in [3.63, 3.8) is 0 Å². The van der Waals surface area contributed by atoms with E-state index in [-0.39, 0.29) is 10.7 Å². The van der Waals surface area contributed by atoms with Crippen LogP contribution in [0, 0.1) is 5.82 Å². The Morgan fingerprint density at radius 1 is 1.35 bits per heavy atom. The highest BCUT2D eigenvalue weighted by molar-refractivity contribution is 6.33. The molecule has 6 heteroatoms. The molecule has 2 rings (SSSR count). The molecule has 0 unspecified atom stereocenters. The van der Waals surface area contributed by atoms with E-state index in [1.165, 1.54) is 24.4 Å². The molecule has 104 valence electrons. The van der Waals surface area contributed by atoms with Gasteiger partial charge in [0.2, 0.25) is 0 Å². The maximum Gasteiger partial charge on any atom is 0.257 e. The number of aromatic nitrogens is 1. The third kappa shape index (κ3) is 3.45. The van der Waals surface area contributed by atoms with Gasteiger partial charge < -0.3 is 10.6 Å². The van der Waals surface area contributed by atoms with Crippen molar-refractivity contribution in [3.8, 4) is 0 Å². The fourth-order valence-corrected chi connectivity index (χ4v) is 1.77. The van der Waals surface area contributed by atoms with Gasteiger partial charge in [-0.1, -0.05) is 11.6 Å². The topological polar surface area (TPSA) is 54.0 Å². The molecule has 0 aliphatic rings. The van der Waals surface area contributed by atoms with Crippen molar-refractivity contribution in [2.45, 2.75) is 6.92 Å². The summed E-state index contributed by atoms with van der Waals surface area (Å²) in [6.07, 6.45) is 1.44. The first-order valence-corrected chi connectivity index (χ1v) is 6.44. The van der Waals surface area contributed by atoms with Crippen LogP contribution in [-0.2, 0) is 0 Å². The van der Waals surface area contributed by atoms with Gasteiger partial charge in [-0.2, -0.15) is 0 Å². The quantitative estimate of drug-likeness (QED) is 0.906. The van der Waals surface area contributed by atoms with Crippen molar-refractivity contribution in [2.24, 2.45) is 0 Å². The largest absolute Gasteiger partial charge is 0.370 e. The predicted octanol–water partition coefficient (Wildman–Crippen LogP) is 3.56. The second-order valence-corrected chi connectivity index (χ2v) is 4.45. The number of carbonyl (C=O) groups is 1. The fraction of sp³-hybridized carbons (Fsp3) is 0.143. The van der Waals surface area contributed by atoms with Crippen LogP contribution < -0.4 is 10.6 Å². The van der Waals surface area contributed by atoms with E-state index in [1.54, 1.807) is 12.1 Å². The number of rotatable bonds is 4. The first-order chi connectivity index (χ1) is 9.60. The highest BCUT2D eigenvalue weighted by atomic mass is 35.5. The second kappa shape index (κ2) is 6.34. The van der Waals surface area contributed by atoms with E-state index in [9.17, 15) is 9.18 Å². The number of pyridine rings is 1. The second-order valence-electron chi connectivity index (χ2n) is 4.04. The van der Waals surface area contributed by atoms with Crippen LogP contribution in [0.25, 0.3) is 0 Å². The van der Waals surface area contributed by atoms with Crippen molar-refractivity contribution in [1.29, 1.82) is 0 Å². The summed E-state index contributed by atoms with van der Waals surface area (Å²) < 4.78 is 13.1. The van der Waals surface area contributed by atoms with Gasteiger partial charge in [0.05, 0.1) is 16.3 Å². The summed E-state index contributed by atoms with van der Waals surface area (Å²) in [6.45, 7) is 2.70. The van der Waals surface area contributed by atoms with Gasteiger partial charge in [-0.3, -0.25) is 4.79 Å². The molecule has 0 radical (unpaired) electrons. The lowest BCUT2D eigenvalue weighted by Gasteiger charge is -2.08. The van der Waals surface area contributed by atoms with Crippen LogP contribution in [0.2, 0.25) is 5.02 Å².